The van der Waals surface area contributed by atoms with E-state index in [2.05, 4.69) is 67.8 Å². The van der Waals surface area contributed by atoms with Gasteiger partial charge in [0.15, 0.2) is 24.2 Å². The van der Waals surface area contributed by atoms with E-state index in [-0.39, 0.29) is 68.5 Å². The maximum Gasteiger partial charge on any atom is 0.519 e. The number of aryl methyl sites for hydroxylation is 2. The zero-order chi connectivity index (χ0) is 57.4. The van der Waals surface area contributed by atoms with Crippen LogP contribution in [0.1, 0.15) is 230 Å². The molecule has 14 nitrogen and oxygen atoms in total. The molecule has 2 heterocycles. The van der Waals surface area contributed by atoms with Gasteiger partial charge in [0.25, 0.3) is 0 Å². The van der Waals surface area contributed by atoms with E-state index in [0.29, 0.717) is 25.7 Å². The molecule has 1 saturated carbocycles. The summed E-state index contributed by atoms with van der Waals surface area (Å²) in [4.78, 5) is 82.4. The van der Waals surface area contributed by atoms with Gasteiger partial charge < -0.3 is 32.7 Å². The van der Waals surface area contributed by atoms with E-state index in [1.54, 1.807) is 18.7 Å². The van der Waals surface area contributed by atoms with Crippen LogP contribution in [-0.4, -0.2) is 78.2 Å². The van der Waals surface area contributed by atoms with Crippen molar-refractivity contribution in [3.63, 3.8) is 0 Å². The number of allylic oxidation sites excluding steroid dienone is 8. The number of unbranched alkanes of at least 4 members (excludes halogenated alkanes) is 16. The SMILES string of the molecule is CCCCCC=CCC=CCCCCCCCC(=O)OCC(COC(=O)CCCCCCC/C=C\C/C=C\CCCCC)OC(=O)[C@H](CCc1ccccc1)NC(C)C(=O)N1[C@H](C(=O)OCc2oc(=O)oc2C)C[C@H]2CCCC[C@@H]21. The molecule has 1 N–H and O–H groups in total. The predicted molar refractivity (Wildman–Crippen MR) is 314 cm³/mol. The highest BCUT2D eigenvalue weighted by Crippen LogP contribution is 2.40. The molecule has 2 aromatic rings. The highest BCUT2D eigenvalue weighted by molar-refractivity contribution is 5.89. The Kier molecular flexibility index (Phi) is 34.7. The zero-order valence-corrected chi connectivity index (χ0v) is 49.4. The molecule has 1 aromatic carbocycles. The predicted octanol–water partition coefficient (Wildman–Crippen LogP) is 14.3. The molecule has 0 bridgehead atoms. The molecular formula is C66H100N2O12. The van der Waals surface area contributed by atoms with Gasteiger partial charge in [-0.05, 0) is 134 Å². The average Bonchev–Trinajstić information content (AvgIpc) is 4.07. The third kappa shape index (κ3) is 27.8. The summed E-state index contributed by atoms with van der Waals surface area (Å²) in [5.74, 6) is -2.98. The maximum atomic E-state index is 14.7. The third-order valence-corrected chi connectivity index (χ3v) is 15.3. The lowest BCUT2D eigenvalue weighted by Crippen LogP contribution is -2.56. The lowest BCUT2D eigenvalue weighted by molar-refractivity contribution is -0.168. The zero-order valence-electron chi connectivity index (χ0n) is 49.4. The quantitative estimate of drug-likeness (QED) is 0.0287. The lowest BCUT2D eigenvalue weighted by atomic mass is 9.84. The molecule has 1 saturated heterocycles. The molecule has 4 rings (SSSR count). The second-order valence-electron chi connectivity index (χ2n) is 22.0. The number of esters is 4. The average molecular weight is 1110 g/mol. The lowest BCUT2D eigenvalue weighted by Gasteiger charge is -2.35. The first-order chi connectivity index (χ1) is 39.0. The highest BCUT2D eigenvalue weighted by Gasteiger charge is 2.49. The summed E-state index contributed by atoms with van der Waals surface area (Å²) in [6.45, 7) is 6.74. The van der Waals surface area contributed by atoms with E-state index in [1.165, 1.54) is 38.5 Å². The molecule has 1 aliphatic heterocycles. The van der Waals surface area contributed by atoms with Crippen molar-refractivity contribution in [3.8, 4) is 0 Å². The molecule has 1 aliphatic carbocycles. The number of nitrogens with zero attached hydrogens (tertiary/aromatic N) is 1. The number of likely N-dealkylation sites (tertiary alicyclic amines) is 1. The number of fused-ring (bicyclic) bond motifs is 1. The van der Waals surface area contributed by atoms with Crippen LogP contribution in [0, 0.1) is 12.8 Å². The minimum atomic E-state index is -1.10. The fourth-order valence-corrected chi connectivity index (χ4v) is 10.6. The second kappa shape index (κ2) is 41.5. The molecule has 1 aromatic heterocycles. The van der Waals surface area contributed by atoms with Gasteiger partial charge in [-0.3, -0.25) is 24.5 Å². The van der Waals surface area contributed by atoms with Crippen LogP contribution >= 0.6 is 0 Å². The number of hydrogen-bond acceptors (Lipinski definition) is 13. The summed E-state index contributed by atoms with van der Waals surface area (Å²) >= 11 is 0. The molecule has 0 radical (unpaired) electrons. The first-order valence-electron chi connectivity index (χ1n) is 31.0. The molecule has 14 heteroatoms. The monoisotopic (exact) mass is 1110 g/mol. The van der Waals surface area contributed by atoms with Crippen LogP contribution in [0.15, 0.2) is 92.6 Å². The highest BCUT2D eigenvalue weighted by atomic mass is 16.6. The van der Waals surface area contributed by atoms with Gasteiger partial charge in [-0.15, -0.1) is 0 Å². The Hall–Kier alpha value is -5.50. The smallest absolute Gasteiger partial charge is 0.462 e. The summed E-state index contributed by atoms with van der Waals surface area (Å²) < 4.78 is 33.1. The number of ether oxygens (including phenoxy) is 4. The largest absolute Gasteiger partial charge is 0.519 e. The fourth-order valence-electron chi connectivity index (χ4n) is 10.6. The molecule has 1 amide bonds. The van der Waals surface area contributed by atoms with Gasteiger partial charge in [0.05, 0.1) is 6.04 Å². The number of rotatable bonds is 43. The minimum Gasteiger partial charge on any atom is -0.462 e. The van der Waals surface area contributed by atoms with Gasteiger partial charge in [0.1, 0.15) is 25.3 Å². The normalized spacial score (nSPS) is 17.6. The van der Waals surface area contributed by atoms with Crippen molar-refractivity contribution in [1.29, 1.82) is 0 Å². The van der Waals surface area contributed by atoms with E-state index in [0.717, 1.165) is 121 Å². The van der Waals surface area contributed by atoms with Crippen molar-refractivity contribution in [2.75, 3.05) is 13.2 Å². The summed E-state index contributed by atoms with van der Waals surface area (Å²) in [5, 5.41) is 3.26. The van der Waals surface area contributed by atoms with Crippen molar-refractivity contribution in [2.24, 2.45) is 5.92 Å². The van der Waals surface area contributed by atoms with Crippen LogP contribution in [0.4, 0.5) is 0 Å². The van der Waals surface area contributed by atoms with E-state index in [9.17, 15) is 28.8 Å². The van der Waals surface area contributed by atoms with Crippen molar-refractivity contribution in [3.05, 3.63) is 107 Å². The summed E-state index contributed by atoms with van der Waals surface area (Å²) in [5.41, 5.74) is 0.975. The summed E-state index contributed by atoms with van der Waals surface area (Å²) in [6.07, 6.45) is 45.3. The van der Waals surface area contributed by atoms with E-state index in [4.69, 9.17) is 27.8 Å². The molecule has 446 valence electrons. The minimum absolute atomic E-state index is 0.0983. The van der Waals surface area contributed by atoms with Crippen molar-refractivity contribution < 1.29 is 51.8 Å². The molecule has 2 fully saturated rings. The first-order valence-corrected chi connectivity index (χ1v) is 31.0. The van der Waals surface area contributed by atoms with Gasteiger partial charge in [0, 0.05) is 18.9 Å². The summed E-state index contributed by atoms with van der Waals surface area (Å²) in [6, 6.07) is 6.65. The van der Waals surface area contributed by atoms with E-state index >= 15 is 0 Å². The maximum absolute atomic E-state index is 14.7. The first kappa shape index (κ1) is 67.0. The van der Waals surface area contributed by atoms with Crippen LogP contribution in [0.3, 0.4) is 0 Å². The molecule has 2 aliphatic rings. The number of nitrogens with one attached hydrogen (secondary N) is 1. The van der Waals surface area contributed by atoms with Crippen molar-refractivity contribution >= 4 is 29.8 Å². The van der Waals surface area contributed by atoms with Crippen LogP contribution in [0.25, 0.3) is 0 Å². The van der Waals surface area contributed by atoms with E-state index < -0.39 is 53.9 Å². The second-order valence-corrected chi connectivity index (χ2v) is 22.0. The third-order valence-electron chi connectivity index (χ3n) is 15.3. The number of carbonyl (C=O) groups is 5. The van der Waals surface area contributed by atoms with Gasteiger partial charge >= 0.3 is 29.7 Å². The number of carbonyl (C=O) groups excluding carboxylic acids is 5. The standard InChI is InChI=1S/C66H100N2O12/c1-5-7-9-11-13-15-17-19-21-23-25-27-29-31-36-44-61(69)75-49-56(50-76-62(70)45-37-32-30-28-26-24-22-20-18-16-14-12-10-8-6-2)79-64(72)57(47-46-54-40-34-33-35-41-54)67-52(3)63(71)68-58-43-39-38-42-55(58)48-59(68)65(73)77-51-60-53(4)78-66(74)80-60/h13-16,19-22,33-35,40-41,52,55-59,67H,5-12,17-18,23-32,36-39,42-51H2,1-4H3/b15-13-,16-14?,21-19-,22-20?/t52?,55-,56?,57+,58+,59+/m1/s1. The molecule has 0 spiro atoms. The Morgan fingerprint density at radius 2 is 1.19 bits per heavy atom. The Morgan fingerprint density at radius 1 is 0.662 bits per heavy atom. The number of amides is 1. The number of hydrogen-bond donors (Lipinski definition) is 1. The van der Waals surface area contributed by atoms with Gasteiger partial charge in [-0.2, -0.15) is 0 Å². The summed E-state index contributed by atoms with van der Waals surface area (Å²) in [7, 11) is 0. The molecular weight excluding hydrogens is 1010 g/mol. The molecule has 2 unspecified atom stereocenters. The van der Waals surface area contributed by atoms with Gasteiger partial charge in [-0.25, -0.2) is 9.59 Å². The Morgan fingerprint density at radius 3 is 1.73 bits per heavy atom. The van der Waals surface area contributed by atoms with Crippen LogP contribution < -0.4 is 11.1 Å². The fraction of sp³-hybridized carbons (Fsp3) is 0.667. The Bertz CT molecular complexity index is 2170. The Balaban J connectivity index is 1.34. The van der Waals surface area contributed by atoms with E-state index in [1.807, 2.05) is 30.3 Å². The van der Waals surface area contributed by atoms with Crippen LogP contribution in [-0.2, 0) is 55.9 Å². The van der Waals surface area contributed by atoms with Crippen molar-refractivity contribution in [2.45, 2.75) is 264 Å². The van der Waals surface area contributed by atoms with Crippen molar-refractivity contribution in [1.82, 2.24) is 10.2 Å². The van der Waals surface area contributed by atoms with Gasteiger partial charge in [0.2, 0.25) is 5.91 Å². The molecule has 80 heavy (non-hydrogen) atoms. The van der Waals surface area contributed by atoms with Crippen LogP contribution in [0.2, 0.25) is 0 Å². The number of benzene rings is 1. The van der Waals surface area contributed by atoms with Crippen LogP contribution in [0.5, 0.6) is 0 Å². The topological polar surface area (TPSA) is 181 Å². The molecule has 6 atom stereocenters. The Labute approximate surface area is 479 Å². The van der Waals surface area contributed by atoms with Gasteiger partial charge in [-0.1, -0.05) is 170 Å².